The normalized spacial score (nSPS) is 15.7. The van der Waals surface area contributed by atoms with Crippen LogP contribution in [0.3, 0.4) is 0 Å². The predicted octanol–water partition coefficient (Wildman–Crippen LogP) is 2.95. The van der Waals surface area contributed by atoms with Crippen LogP contribution in [0.25, 0.3) is 21.8 Å². The topological polar surface area (TPSA) is 118 Å². The standard InChI is InChI=1S/C26H32N6O5/c1-17(2)27-15-23(36-26(33)29-24-16-32(30-37-24)31-11-13-34-14-12-31)18(3)35-22-10-6-9-21-25(22)19-7-4-5-8-20(19)28-21/h4-10,16-18,23,27-28H,11-15H2,1-3H3/p+1. The van der Waals surface area contributed by atoms with Gasteiger partial charge in [0.1, 0.15) is 11.9 Å². The Morgan fingerprint density at radius 3 is 2.73 bits per heavy atom. The third-order valence-corrected chi connectivity index (χ3v) is 6.27. The monoisotopic (exact) mass is 509 g/mol. The van der Waals surface area contributed by atoms with Gasteiger partial charge in [0.25, 0.3) is 6.20 Å². The van der Waals surface area contributed by atoms with Crippen LogP contribution in [-0.4, -0.2) is 67.4 Å². The first-order valence-electron chi connectivity index (χ1n) is 12.6. The van der Waals surface area contributed by atoms with E-state index in [1.807, 2.05) is 62.2 Å². The van der Waals surface area contributed by atoms with E-state index in [0.29, 0.717) is 32.8 Å². The van der Waals surface area contributed by atoms with E-state index >= 15 is 0 Å². The molecule has 1 amide bonds. The number of rotatable bonds is 9. The molecule has 1 aliphatic heterocycles. The average molecular weight is 510 g/mol. The summed E-state index contributed by atoms with van der Waals surface area (Å²) in [5.41, 5.74) is 2.02. The van der Waals surface area contributed by atoms with E-state index in [4.69, 9.17) is 18.7 Å². The Labute approximate surface area is 214 Å². The van der Waals surface area contributed by atoms with E-state index < -0.39 is 18.3 Å². The van der Waals surface area contributed by atoms with Gasteiger partial charge in [-0.15, -0.1) is 5.01 Å². The second kappa shape index (κ2) is 11.1. The third-order valence-electron chi connectivity index (χ3n) is 6.27. The van der Waals surface area contributed by atoms with Crippen LogP contribution in [0, 0.1) is 0 Å². The molecular weight excluding hydrogens is 476 g/mol. The van der Waals surface area contributed by atoms with Crippen molar-refractivity contribution in [1.29, 1.82) is 0 Å². The van der Waals surface area contributed by atoms with Crippen LogP contribution in [0.1, 0.15) is 20.8 Å². The molecule has 0 saturated carbocycles. The molecule has 4 aromatic rings. The Bertz CT molecular complexity index is 1350. The van der Waals surface area contributed by atoms with Crippen molar-refractivity contribution >= 4 is 33.8 Å². The maximum atomic E-state index is 12.8. The number of hydrogen-bond acceptors (Lipinski definition) is 8. The number of fused-ring (bicyclic) bond motifs is 3. The largest absolute Gasteiger partial charge is 0.486 e. The summed E-state index contributed by atoms with van der Waals surface area (Å²) in [6.07, 6.45) is -0.0611. The summed E-state index contributed by atoms with van der Waals surface area (Å²) >= 11 is 0. The number of para-hydroxylation sites is 1. The van der Waals surface area contributed by atoms with Gasteiger partial charge < -0.3 is 24.5 Å². The summed E-state index contributed by atoms with van der Waals surface area (Å²) in [5, 5.41) is 14.0. The molecule has 196 valence electrons. The zero-order valence-electron chi connectivity index (χ0n) is 21.3. The maximum Gasteiger partial charge on any atom is 0.414 e. The molecule has 1 aliphatic rings. The van der Waals surface area contributed by atoms with Gasteiger partial charge in [0.2, 0.25) is 5.27 Å². The van der Waals surface area contributed by atoms with Crippen LogP contribution in [-0.2, 0) is 9.47 Å². The lowest BCUT2D eigenvalue weighted by molar-refractivity contribution is -0.759. The molecular formula is C26H33N6O5+. The molecule has 2 aromatic heterocycles. The van der Waals surface area contributed by atoms with Gasteiger partial charge in [-0.3, -0.25) is 9.84 Å². The van der Waals surface area contributed by atoms with Gasteiger partial charge in [0.05, 0.1) is 36.6 Å². The van der Waals surface area contributed by atoms with E-state index in [0.717, 1.165) is 27.6 Å². The van der Waals surface area contributed by atoms with Crippen LogP contribution in [0.5, 0.6) is 5.75 Å². The molecule has 3 N–H and O–H groups in total. The molecule has 5 rings (SSSR count). The molecule has 0 bridgehead atoms. The van der Waals surface area contributed by atoms with E-state index in [-0.39, 0.29) is 11.9 Å². The molecule has 2 aromatic carbocycles. The summed E-state index contributed by atoms with van der Waals surface area (Å²) in [6.45, 7) is 8.97. The zero-order chi connectivity index (χ0) is 25.8. The van der Waals surface area contributed by atoms with Crippen molar-refractivity contribution in [2.45, 2.75) is 39.0 Å². The number of benzene rings is 2. The summed E-state index contributed by atoms with van der Waals surface area (Å²) in [5.74, 6) is 0.909. The van der Waals surface area contributed by atoms with E-state index in [1.165, 1.54) is 0 Å². The van der Waals surface area contributed by atoms with Crippen molar-refractivity contribution < 1.29 is 28.3 Å². The van der Waals surface area contributed by atoms with Gasteiger partial charge in [-0.05, 0) is 25.1 Å². The molecule has 3 heterocycles. The second-order valence-corrected chi connectivity index (χ2v) is 9.36. The van der Waals surface area contributed by atoms with Gasteiger partial charge in [0, 0.05) is 28.9 Å². The van der Waals surface area contributed by atoms with Gasteiger partial charge in [-0.2, -0.15) is 0 Å². The third kappa shape index (κ3) is 5.78. The number of morpholine rings is 1. The SMILES string of the molecule is CC(C)NCC(OC(=O)Nc1c[n+](N2CCOCC2)no1)C(C)Oc1cccc2[nH]c3ccccc3c12. The Morgan fingerprint density at radius 1 is 1.14 bits per heavy atom. The molecule has 1 fully saturated rings. The Hall–Kier alpha value is -3.83. The summed E-state index contributed by atoms with van der Waals surface area (Å²) in [7, 11) is 0. The first kappa shape index (κ1) is 24.8. The summed E-state index contributed by atoms with van der Waals surface area (Å²) in [4.78, 5) is 17.8. The fourth-order valence-electron chi connectivity index (χ4n) is 4.35. The van der Waals surface area contributed by atoms with Crippen molar-refractivity contribution in [1.82, 2.24) is 15.6 Å². The van der Waals surface area contributed by atoms with Gasteiger partial charge in [-0.1, -0.05) is 38.1 Å². The smallest absolute Gasteiger partial charge is 0.414 e. The highest BCUT2D eigenvalue weighted by atomic mass is 16.6. The fraction of sp³-hybridized carbons (Fsp3) is 0.423. The predicted molar refractivity (Wildman–Crippen MR) is 138 cm³/mol. The van der Waals surface area contributed by atoms with Crippen LogP contribution >= 0.6 is 0 Å². The minimum atomic E-state index is -0.651. The first-order chi connectivity index (χ1) is 18.0. The number of carbonyl (C=O) groups excluding carboxylic acids is 1. The van der Waals surface area contributed by atoms with Crippen LogP contribution in [0.15, 0.2) is 53.2 Å². The van der Waals surface area contributed by atoms with Crippen molar-refractivity contribution in [3.05, 3.63) is 48.7 Å². The molecule has 11 heteroatoms. The minimum Gasteiger partial charge on any atom is -0.486 e. The summed E-state index contributed by atoms with van der Waals surface area (Å²) in [6, 6.07) is 14.2. The Kier molecular flexibility index (Phi) is 7.42. The first-order valence-corrected chi connectivity index (χ1v) is 12.6. The zero-order valence-corrected chi connectivity index (χ0v) is 21.3. The number of nitrogens with zero attached hydrogens (tertiary/aromatic N) is 3. The quantitative estimate of drug-likeness (QED) is 0.295. The number of nitrogens with one attached hydrogen (secondary N) is 3. The van der Waals surface area contributed by atoms with Crippen LogP contribution in [0.4, 0.5) is 10.7 Å². The Morgan fingerprint density at radius 2 is 1.92 bits per heavy atom. The van der Waals surface area contributed by atoms with E-state index in [1.54, 1.807) is 11.0 Å². The van der Waals surface area contributed by atoms with Crippen molar-refractivity contribution in [2.75, 3.05) is 43.2 Å². The van der Waals surface area contributed by atoms with Crippen molar-refractivity contribution in [3.8, 4) is 5.75 Å². The number of aromatic amines is 1. The highest BCUT2D eigenvalue weighted by Crippen LogP contribution is 2.33. The number of hydrogen-bond donors (Lipinski definition) is 3. The molecule has 0 spiro atoms. The number of carbonyl (C=O) groups is 1. The molecule has 1 saturated heterocycles. The molecule has 11 nitrogen and oxygen atoms in total. The highest BCUT2D eigenvalue weighted by molar-refractivity contribution is 6.10. The van der Waals surface area contributed by atoms with Gasteiger partial charge in [0.15, 0.2) is 6.10 Å². The van der Waals surface area contributed by atoms with Crippen molar-refractivity contribution in [3.63, 3.8) is 0 Å². The minimum absolute atomic E-state index is 0.184. The van der Waals surface area contributed by atoms with Gasteiger partial charge in [-0.25, -0.2) is 4.79 Å². The number of anilines is 1. The maximum absolute atomic E-state index is 12.8. The lowest BCUT2D eigenvalue weighted by atomic mass is 10.1. The lowest BCUT2D eigenvalue weighted by Crippen LogP contribution is -2.62. The number of amides is 1. The summed E-state index contributed by atoms with van der Waals surface area (Å²) < 4.78 is 22.8. The highest BCUT2D eigenvalue weighted by Gasteiger charge is 2.27. The molecule has 37 heavy (non-hydrogen) atoms. The molecule has 2 unspecified atom stereocenters. The lowest BCUT2D eigenvalue weighted by Gasteiger charge is -2.26. The molecule has 0 aliphatic carbocycles. The molecule has 0 radical (unpaired) electrons. The molecule has 2 atom stereocenters. The number of ether oxygens (including phenoxy) is 3. The average Bonchev–Trinajstić information content (AvgIpc) is 3.52. The number of aromatic nitrogens is 3. The fourth-order valence-corrected chi connectivity index (χ4v) is 4.35. The van der Waals surface area contributed by atoms with E-state index in [9.17, 15) is 4.79 Å². The number of H-pyrrole nitrogens is 1. The Balaban J connectivity index is 1.29. The van der Waals surface area contributed by atoms with E-state index in [2.05, 4.69) is 27.0 Å². The second-order valence-electron chi connectivity index (χ2n) is 9.36. The van der Waals surface area contributed by atoms with Crippen molar-refractivity contribution in [2.24, 2.45) is 0 Å². The van der Waals surface area contributed by atoms with Gasteiger partial charge >= 0.3 is 12.0 Å². The van der Waals surface area contributed by atoms with Crippen LogP contribution < -0.4 is 25.2 Å². The van der Waals surface area contributed by atoms with Crippen LogP contribution in [0.2, 0.25) is 0 Å².